The number of rotatable bonds is 5. The van der Waals surface area contributed by atoms with Gasteiger partial charge in [0.1, 0.15) is 0 Å². The number of carbonyl (C=O) groups excluding carboxylic acids is 2. The second-order valence-corrected chi connectivity index (χ2v) is 5.12. The Morgan fingerprint density at radius 2 is 1.79 bits per heavy atom. The number of halogens is 1. The highest BCUT2D eigenvalue weighted by Gasteiger charge is 2.11. The topological polar surface area (TPSA) is 102 Å². The van der Waals surface area contributed by atoms with Gasteiger partial charge in [0.15, 0.2) is 5.69 Å². The maximum absolute atomic E-state index is 12.0. The van der Waals surface area contributed by atoms with Crippen molar-refractivity contribution in [1.82, 2.24) is 20.6 Å². The van der Waals surface area contributed by atoms with Crippen molar-refractivity contribution in [2.24, 2.45) is 0 Å². The molecule has 0 bridgehead atoms. The molecule has 2 amide bonds. The van der Waals surface area contributed by atoms with Crippen LogP contribution in [0.15, 0.2) is 41.2 Å². The predicted octanol–water partition coefficient (Wildman–Crippen LogP) is 0.618. The fourth-order valence-electron chi connectivity index (χ4n) is 1.76. The quantitative estimate of drug-likeness (QED) is 0.769. The number of carbonyl (C=O) groups is 2. The van der Waals surface area contributed by atoms with Gasteiger partial charge in [-0.15, -0.1) is 0 Å². The molecule has 0 aliphatic rings. The van der Waals surface area contributed by atoms with Crippen molar-refractivity contribution in [3.8, 4) is 0 Å². The van der Waals surface area contributed by atoms with Gasteiger partial charge in [0.25, 0.3) is 17.4 Å². The van der Waals surface area contributed by atoms with E-state index in [0.29, 0.717) is 10.6 Å². The van der Waals surface area contributed by atoms with Crippen molar-refractivity contribution in [3.63, 3.8) is 0 Å². The van der Waals surface area contributed by atoms with Gasteiger partial charge >= 0.3 is 0 Å². The van der Waals surface area contributed by atoms with E-state index in [9.17, 15) is 14.4 Å². The van der Waals surface area contributed by atoms with Gasteiger partial charge in [0.2, 0.25) is 0 Å². The number of amides is 2. The lowest BCUT2D eigenvalue weighted by Crippen LogP contribution is -2.42. The van der Waals surface area contributed by atoms with Crippen LogP contribution >= 0.6 is 11.6 Å². The lowest BCUT2D eigenvalue weighted by atomic mass is 10.2. The molecule has 2 rings (SSSR count). The normalized spacial score (nSPS) is 10.2. The molecule has 2 aromatic rings. The van der Waals surface area contributed by atoms with E-state index in [1.165, 1.54) is 31.4 Å². The Morgan fingerprint density at radius 3 is 2.46 bits per heavy atom. The van der Waals surface area contributed by atoms with Gasteiger partial charge in [-0.1, -0.05) is 11.6 Å². The van der Waals surface area contributed by atoms with E-state index in [1.54, 1.807) is 12.1 Å². The van der Waals surface area contributed by atoms with E-state index in [0.717, 1.165) is 4.68 Å². The second-order valence-electron chi connectivity index (χ2n) is 4.69. The first-order chi connectivity index (χ1) is 11.5. The molecule has 2 N–H and O–H groups in total. The molecule has 1 heterocycles. The highest BCUT2D eigenvalue weighted by molar-refractivity contribution is 6.30. The summed E-state index contributed by atoms with van der Waals surface area (Å²) in [6, 6.07) is 8.66. The Balaban J connectivity index is 2.00. The molecule has 0 fully saturated rings. The van der Waals surface area contributed by atoms with Gasteiger partial charge in [-0.3, -0.25) is 25.2 Å². The lowest BCUT2D eigenvalue weighted by molar-refractivity contribution is 0.0842. The largest absolute Gasteiger partial charge is 0.383 e. The van der Waals surface area contributed by atoms with Crippen molar-refractivity contribution in [3.05, 3.63) is 63.0 Å². The van der Waals surface area contributed by atoms with Crippen LogP contribution in [0.5, 0.6) is 0 Å². The highest BCUT2D eigenvalue weighted by atomic mass is 35.5. The van der Waals surface area contributed by atoms with Gasteiger partial charge in [-0.05, 0) is 30.3 Å². The summed E-state index contributed by atoms with van der Waals surface area (Å²) in [6.07, 6.45) is 0. The molecule has 0 unspecified atom stereocenters. The summed E-state index contributed by atoms with van der Waals surface area (Å²) in [7, 11) is 1.49. The lowest BCUT2D eigenvalue weighted by Gasteiger charge is -2.08. The summed E-state index contributed by atoms with van der Waals surface area (Å²) in [6.45, 7) is 0.499. The molecule has 24 heavy (non-hydrogen) atoms. The van der Waals surface area contributed by atoms with Gasteiger partial charge in [-0.25, -0.2) is 4.68 Å². The van der Waals surface area contributed by atoms with Crippen molar-refractivity contribution >= 4 is 23.4 Å². The Morgan fingerprint density at radius 1 is 1.12 bits per heavy atom. The van der Waals surface area contributed by atoms with Crippen LogP contribution in [-0.4, -0.2) is 35.3 Å². The maximum Gasteiger partial charge on any atom is 0.290 e. The SMILES string of the molecule is COCCn1nc(C(=O)NNC(=O)c2ccc(Cl)cc2)ccc1=O. The van der Waals surface area contributed by atoms with Gasteiger partial charge in [-0.2, -0.15) is 5.10 Å². The molecule has 0 aliphatic heterocycles. The molecule has 0 saturated heterocycles. The molecule has 9 heteroatoms. The third kappa shape index (κ3) is 4.64. The van der Waals surface area contributed by atoms with Crippen molar-refractivity contribution in [2.75, 3.05) is 13.7 Å². The minimum atomic E-state index is -0.650. The minimum Gasteiger partial charge on any atom is -0.383 e. The third-order valence-electron chi connectivity index (χ3n) is 3.00. The van der Waals surface area contributed by atoms with Crippen LogP contribution in [0.1, 0.15) is 20.8 Å². The molecule has 1 aromatic carbocycles. The number of methoxy groups -OCH3 is 1. The zero-order valence-corrected chi connectivity index (χ0v) is 13.5. The third-order valence-corrected chi connectivity index (χ3v) is 3.25. The van der Waals surface area contributed by atoms with Crippen LogP contribution in [-0.2, 0) is 11.3 Å². The highest BCUT2D eigenvalue weighted by Crippen LogP contribution is 2.08. The Hall–Kier alpha value is -2.71. The van der Waals surface area contributed by atoms with Crippen LogP contribution in [0.25, 0.3) is 0 Å². The van der Waals surface area contributed by atoms with Gasteiger partial charge in [0, 0.05) is 23.8 Å². The molecule has 0 atom stereocenters. The zero-order valence-electron chi connectivity index (χ0n) is 12.8. The summed E-state index contributed by atoms with van der Waals surface area (Å²) >= 11 is 5.74. The van der Waals surface area contributed by atoms with E-state index in [4.69, 9.17) is 16.3 Å². The monoisotopic (exact) mass is 350 g/mol. The van der Waals surface area contributed by atoms with E-state index >= 15 is 0 Å². The number of ether oxygens (including phenoxy) is 1. The van der Waals surface area contributed by atoms with E-state index in [2.05, 4.69) is 16.0 Å². The Labute approximate surface area is 142 Å². The smallest absolute Gasteiger partial charge is 0.290 e. The molecule has 0 radical (unpaired) electrons. The molecule has 1 aromatic heterocycles. The molecular formula is C15H15ClN4O4. The van der Waals surface area contributed by atoms with E-state index in [-0.39, 0.29) is 24.4 Å². The fraction of sp³-hybridized carbons (Fsp3) is 0.200. The van der Waals surface area contributed by atoms with Crippen molar-refractivity contribution in [1.29, 1.82) is 0 Å². The number of aromatic nitrogens is 2. The summed E-state index contributed by atoms with van der Waals surface area (Å²) < 4.78 is 5.98. The number of nitrogens with zero attached hydrogens (tertiary/aromatic N) is 2. The first-order valence-electron chi connectivity index (χ1n) is 6.94. The predicted molar refractivity (Wildman–Crippen MR) is 86.8 cm³/mol. The second kappa shape index (κ2) is 8.23. The van der Waals surface area contributed by atoms with Crippen LogP contribution in [0.4, 0.5) is 0 Å². The van der Waals surface area contributed by atoms with Crippen molar-refractivity contribution < 1.29 is 14.3 Å². The van der Waals surface area contributed by atoms with Crippen LogP contribution in [0.2, 0.25) is 5.02 Å². The summed E-state index contributed by atoms with van der Waals surface area (Å²) in [5.41, 5.74) is 4.46. The molecule has 0 spiro atoms. The first-order valence-corrected chi connectivity index (χ1v) is 7.32. The standard InChI is InChI=1S/C15H15ClN4O4/c1-24-9-8-20-13(21)7-6-12(19-20)15(23)18-17-14(22)10-2-4-11(16)5-3-10/h2-7H,8-9H2,1H3,(H,17,22)(H,18,23). The average molecular weight is 351 g/mol. The molecule has 126 valence electrons. The maximum atomic E-state index is 12.0. The summed E-state index contributed by atoms with van der Waals surface area (Å²) in [5.74, 6) is -1.16. The zero-order chi connectivity index (χ0) is 17.5. The first kappa shape index (κ1) is 17.6. The van der Waals surface area contributed by atoms with Gasteiger partial charge in [0.05, 0.1) is 13.2 Å². The summed E-state index contributed by atoms with van der Waals surface area (Å²) in [4.78, 5) is 35.5. The Kier molecular flexibility index (Phi) is 6.05. The number of hydrogen-bond acceptors (Lipinski definition) is 5. The van der Waals surface area contributed by atoms with Crippen molar-refractivity contribution in [2.45, 2.75) is 6.54 Å². The minimum absolute atomic E-state index is 0.0119. The summed E-state index contributed by atoms with van der Waals surface area (Å²) in [5, 5.41) is 4.41. The Bertz CT molecular complexity index is 789. The van der Waals surface area contributed by atoms with Crippen LogP contribution < -0.4 is 16.4 Å². The molecule has 0 saturated carbocycles. The number of nitrogens with one attached hydrogen (secondary N) is 2. The number of hydrazine groups is 1. The molecule has 8 nitrogen and oxygen atoms in total. The van der Waals surface area contributed by atoms with Crippen LogP contribution in [0, 0.1) is 0 Å². The fourth-order valence-corrected chi connectivity index (χ4v) is 1.88. The number of hydrogen-bond donors (Lipinski definition) is 2. The average Bonchev–Trinajstić information content (AvgIpc) is 2.59. The number of benzene rings is 1. The molecule has 0 aliphatic carbocycles. The van der Waals surface area contributed by atoms with Gasteiger partial charge < -0.3 is 4.74 Å². The van der Waals surface area contributed by atoms with E-state index < -0.39 is 11.8 Å². The van der Waals surface area contributed by atoms with E-state index in [1.807, 2.05) is 0 Å². The molecular weight excluding hydrogens is 336 g/mol. The van der Waals surface area contributed by atoms with Crippen LogP contribution in [0.3, 0.4) is 0 Å².